The van der Waals surface area contributed by atoms with Crippen LogP contribution < -0.4 is 9.47 Å². The van der Waals surface area contributed by atoms with Crippen LogP contribution in [0.1, 0.15) is 19.4 Å². The van der Waals surface area contributed by atoms with Gasteiger partial charge in [-0.05, 0) is 30.8 Å². The molecular formula is C19H25NO2. The predicted octanol–water partition coefficient (Wildman–Crippen LogP) is 3.99. The largest absolute Gasteiger partial charge is 0.488 e. The van der Waals surface area contributed by atoms with E-state index in [2.05, 4.69) is 30.9 Å². The molecule has 0 aliphatic rings. The monoisotopic (exact) mass is 299 g/mol. The topological polar surface area (TPSA) is 21.7 Å². The van der Waals surface area contributed by atoms with Crippen LogP contribution >= 0.6 is 0 Å². The molecule has 0 radical (unpaired) electrons. The number of para-hydroxylation sites is 2. The smallest absolute Gasteiger partial charge is 0.161 e. The van der Waals surface area contributed by atoms with Crippen molar-refractivity contribution in [3.05, 3.63) is 60.2 Å². The summed E-state index contributed by atoms with van der Waals surface area (Å²) in [5.41, 5.74) is 1.15. The van der Waals surface area contributed by atoms with Gasteiger partial charge < -0.3 is 14.4 Å². The molecular weight excluding hydrogens is 274 g/mol. The lowest BCUT2D eigenvalue weighted by Crippen LogP contribution is -2.27. The van der Waals surface area contributed by atoms with Gasteiger partial charge in [0.25, 0.3) is 0 Å². The quantitative estimate of drug-likeness (QED) is 0.699. The van der Waals surface area contributed by atoms with E-state index in [-0.39, 0.29) is 0 Å². The number of likely N-dealkylation sites (N-methyl/N-ethyl adjacent to an activating group) is 1. The zero-order chi connectivity index (χ0) is 15.6. The molecule has 0 saturated heterocycles. The second kappa shape index (κ2) is 9.11. The molecule has 0 bridgehead atoms. The first-order valence-electron chi connectivity index (χ1n) is 7.94. The maximum absolute atomic E-state index is 5.89. The van der Waals surface area contributed by atoms with Crippen molar-refractivity contribution in [2.45, 2.75) is 20.5 Å². The molecule has 0 atom stereocenters. The van der Waals surface area contributed by atoms with Crippen molar-refractivity contribution in [1.29, 1.82) is 0 Å². The van der Waals surface area contributed by atoms with E-state index in [1.807, 2.05) is 42.5 Å². The van der Waals surface area contributed by atoms with Gasteiger partial charge in [0, 0.05) is 6.54 Å². The lowest BCUT2D eigenvalue weighted by molar-refractivity contribution is 0.211. The van der Waals surface area contributed by atoms with Gasteiger partial charge >= 0.3 is 0 Å². The molecule has 0 N–H and O–H groups in total. The lowest BCUT2D eigenvalue weighted by Gasteiger charge is -2.19. The Morgan fingerprint density at radius 1 is 0.773 bits per heavy atom. The molecule has 2 aromatic rings. The van der Waals surface area contributed by atoms with Crippen LogP contribution in [0, 0.1) is 0 Å². The molecule has 3 nitrogen and oxygen atoms in total. The van der Waals surface area contributed by atoms with Crippen LogP contribution in [0.2, 0.25) is 0 Å². The Balaban J connectivity index is 1.89. The number of benzene rings is 2. The van der Waals surface area contributed by atoms with E-state index >= 15 is 0 Å². The molecule has 0 aliphatic heterocycles. The summed E-state index contributed by atoms with van der Waals surface area (Å²) in [6.07, 6.45) is 0. The maximum atomic E-state index is 5.89. The van der Waals surface area contributed by atoms with E-state index in [1.54, 1.807) is 0 Å². The van der Waals surface area contributed by atoms with Crippen LogP contribution in [0.4, 0.5) is 0 Å². The number of ether oxygens (including phenoxy) is 2. The van der Waals surface area contributed by atoms with Crippen molar-refractivity contribution in [2.75, 3.05) is 26.2 Å². The van der Waals surface area contributed by atoms with Crippen molar-refractivity contribution in [3.8, 4) is 11.5 Å². The van der Waals surface area contributed by atoms with Gasteiger partial charge in [-0.15, -0.1) is 0 Å². The predicted molar refractivity (Wildman–Crippen MR) is 90.5 cm³/mol. The van der Waals surface area contributed by atoms with Gasteiger partial charge in [-0.3, -0.25) is 0 Å². The summed E-state index contributed by atoms with van der Waals surface area (Å²) in [6, 6.07) is 18.0. The van der Waals surface area contributed by atoms with Gasteiger partial charge in [0.2, 0.25) is 0 Å². The van der Waals surface area contributed by atoms with Crippen molar-refractivity contribution in [2.24, 2.45) is 0 Å². The third-order valence-corrected chi connectivity index (χ3v) is 3.65. The summed E-state index contributed by atoms with van der Waals surface area (Å²) in [5.74, 6) is 1.61. The summed E-state index contributed by atoms with van der Waals surface area (Å²) in [4.78, 5) is 2.34. The molecule has 2 aromatic carbocycles. The fourth-order valence-electron chi connectivity index (χ4n) is 2.25. The molecule has 118 valence electrons. The Kier molecular flexibility index (Phi) is 6.78. The minimum absolute atomic E-state index is 0.553. The zero-order valence-corrected chi connectivity index (χ0v) is 13.5. The van der Waals surface area contributed by atoms with E-state index in [0.29, 0.717) is 13.2 Å². The molecule has 0 fully saturated rings. The maximum Gasteiger partial charge on any atom is 0.161 e. The highest BCUT2D eigenvalue weighted by atomic mass is 16.5. The van der Waals surface area contributed by atoms with Gasteiger partial charge in [0.15, 0.2) is 11.5 Å². The molecule has 0 aromatic heterocycles. The molecule has 0 amide bonds. The summed E-state index contributed by atoms with van der Waals surface area (Å²) in [6.45, 7) is 8.59. The molecule has 0 aliphatic carbocycles. The standard InChI is InChI=1S/C19H25NO2/c1-3-20(4-2)14-15-21-18-12-8-9-13-19(18)22-16-17-10-6-5-7-11-17/h5-13H,3-4,14-16H2,1-2H3. The van der Waals surface area contributed by atoms with Crippen molar-refractivity contribution in [1.82, 2.24) is 4.90 Å². The van der Waals surface area contributed by atoms with Crippen molar-refractivity contribution < 1.29 is 9.47 Å². The summed E-state index contributed by atoms with van der Waals surface area (Å²) < 4.78 is 11.8. The molecule has 0 saturated carbocycles. The molecule has 3 heteroatoms. The van der Waals surface area contributed by atoms with Crippen LogP contribution in [-0.4, -0.2) is 31.1 Å². The van der Waals surface area contributed by atoms with Gasteiger partial charge in [0.05, 0.1) is 0 Å². The Bertz CT molecular complexity index is 538. The van der Waals surface area contributed by atoms with Gasteiger partial charge in [-0.2, -0.15) is 0 Å². The van der Waals surface area contributed by atoms with E-state index in [0.717, 1.165) is 36.7 Å². The average Bonchev–Trinajstić information content (AvgIpc) is 2.59. The van der Waals surface area contributed by atoms with E-state index in [9.17, 15) is 0 Å². The number of hydrogen-bond acceptors (Lipinski definition) is 3. The van der Waals surface area contributed by atoms with E-state index < -0.39 is 0 Å². The normalized spacial score (nSPS) is 10.7. The minimum Gasteiger partial charge on any atom is -0.488 e. The number of hydrogen-bond donors (Lipinski definition) is 0. The fraction of sp³-hybridized carbons (Fsp3) is 0.368. The fourth-order valence-corrected chi connectivity index (χ4v) is 2.25. The van der Waals surface area contributed by atoms with Crippen LogP contribution in [0.3, 0.4) is 0 Å². The Labute approximate surface area is 133 Å². The summed E-state index contributed by atoms with van der Waals surface area (Å²) in [7, 11) is 0. The summed E-state index contributed by atoms with van der Waals surface area (Å²) in [5, 5.41) is 0. The van der Waals surface area contributed by atoms with E-state index in [4.69, 9.17) is 9.47 Å². The van der Waals surface area contributed by atoms with Crippen LogP contribution in [0.25, 0.3) is 0 Å². The van der Waals surface area contributed by atoms with Crippen LogP contribution in [0.15, 0.2) is 54.6 Å². The first kappa shape index (κ1) is 16.4. The van der Waals surface area contributed by atoms with Crippen LogP contribution in [-0.2, 0) is 6.61 Å². The van der Waals surface area contributed by atoms with E-state index in [1.165, 1.54) is 0 Å². The second-order valence-electron chi connectivity index (χ2n) is 5.10. The highest BCUT2D eigenvalue weighted by Crippen LogP contribution is 2.27. The number of nitrogens with zero attached hydrogens (tertiary/aromatic N) is 1. The van der Waals surface area contributed by atoms with Gasteiger partial charge in [-0.1, -0.05) is 56.3 Å². The SMILES string of the molecule is CCN(CC)CCOc1ccccc1OCc1ccccc1. The highest BCUT2D eigenvalue weighted by molar-refractivity contribution is 5.39. The van der Waals surface area contributed by atoms with Crippen molar-refractivity contribution >= 4 is 0 Å². The van der Waals surface area contributed by atoms with Crippen LogP contribution in [0.5, 0.6) is 11.5 Å². The van der Waals surface area contributed by atoms with Gasteiger partial charge in [-0.25, -0.2) is 0 Å². The lowest BCUT2D eigenvalue weighted by atomic mass is 10.2. The Hall–Kier alpha value is -2.00. The Morgan fingerprint density at radius 3 is 2.00 bits per heavy atom. The zero-order valence-electron chi connectivity index (χ0n) is 13.5. The summed E-state index contributed by atoms with van der Waals surface area (Å²) >= 11 is 0. The first-order chi connectivity index (χ1) is 10.8. The molecule has 0 heterocycles. The minimum atomic E-state index is 0.553. The average molecular weight is 299 g/mol. The molecule has 2 rings (SSSR count). The first-order valence-corrected chi connectivity index (χ1v) is 7.94. The van der Waals surface area contributed by atoms with Crippen molar-refractivity contribution in [3.63, 3.8) is 0 Å². The number of rotatable bonds is 9. The second-order valence-corrected chi connectivity index (χ2v) is 5.10. The third kappa shape index (κ3) is 5.08. The Morgan fingerprint density at radius 2 is 1.36 bits per heavy atom. The van der Waals surface area contributed by atoms with Gasteiger partial charge in [0.1, 0.15) is 13.2 Å². The molecule has 0 unspecified atom stereocenters. The molecule has 0 spiro atoms. The highest BCUT2D eigenvalue weighted by Gasteiger charge is 2.06. The third-order valence-electron chi connectivity index (χ3n) is 3.65. The molecule has 22 heavy (non-hydrogen) atoms.